The van der Waals surface area contributed by atoms with Gasteiger partial charge in [0.05, 0.1) is 11.4 Å². The molecular weight excluding hydrogens is 334 g/mol. The third-order valence-electron chi connectivity index (χ3n) is 4.92. The Morgan fingerprint density at radius 3 is 2.88 bits per heavy atom. The molecule has 0 spiro atoms. The molecule has 1 fully saturated rings. The van der Waals surface area contributed by atoms with Crippen molar-refractivity contribution in [1.29, 1.82) is 0 Å². The third kappa shape index (κ3) is 4.03. The number of amides is 1. The number of tetrazole rings is 1. The number of thioether (sulfide) groups is 1. The summed E-state index contributed by atoms with van der Waals surface area (Å²) in [5.74, 6) is 0.563. The first-order chi connectivity index (χ1) is 12.1. The third-order valence-corrected chi connectivity index (χ3v) is 5.82. The zero-order valence-electron chi connectivity index (χ0n) is 15.1. The van der Waals surface area contributed by atoms with Crippen LogP contribution >= 0.6 is 11.8 Å². The van der Waals surface area contributed by atoms with E-state index >= 15 is 0 Å². The summed E-state index contributed by atoms with van der Waals surface area (Å²) < 4.78 is 1.71. The first-order valence-corrected chi connectivity index (χ1v) is 9.87. The SMILES string of the molecule is CC[C@H]1CCCCN1C(=O)CSc1nnnn1-c1ccc(C)c(C)c1. The number of nitrogens with zero attached hydrogens (tertiary/aromatic N) is 5. The van der Waals surface area contributed by atoms with Crippen LogP contribution in [-0.4, -0.2) is 49.4 Å². The van der Waals surface area contributed by atoms with Crippen LogP contribution in [0.2, 0.25) is 0 Å². The number of piperidine rings is 1. The van der Waals surface area contributed by atoms with Crippen molar-refractivity contribution >= 4 is 17.7 Å². The summed E-state index contributed by atoms with van der Waals surface area (Å²) >= 11 is 1.41. The molecule has 1 aromatic carbocycles. The predicted molar refractivity (Wildman–Crippen MR) is 99.0 cm³/mol. The molecule has 2 aromatic rings. The van der Waals surface area contributed by atoms with Crippen LogP contribution in [0.1, 0.15) is 43.7 Å². The molecule has 1 aromatic heterocycles. The van der Waals surface area contributed by atoms with E-state index in [-0.39, 0.29) is 5.91 Å². The van der Waals surface area contributed by atoms with Crippen molar-refractivity contribution in [3.8, 4) is 5.69 Å². The number of carbonyl (C=O) groups is 1. The van der Waals surface area contributed by atoms with Crippen molar-refractivity contribution in [2.75, 3.05) is 12.3 Å². The number of likely N-dealkylation sites (tertiary alicyclic amines) is 1. The summed E-state index contributed by atoms with van der Waals surface area (Å²) in [4.78, 5) is 14.7. The first-order valence-electron chi connectivity index (χ1n) is 8.88. The van der Waals surface area contributed by atoms with Crippen LogP contribution in [0.15, 0.2) is 23.4 Å². The second-order valence-corrected chi connectivity index (χ2v) is 7.52. The van der Waals surface area contributed by atoms with Gasteiger partial charge in [-0.15, -0.1) is 5.10 Å². The zero-order chi connectivity index (χ0) is 17.8. The van der Waals surface area contributed by atoms with Gasteiger partial charge in [0.15, 0.2) is 0 Å². The lowest BCUT2D eigenvalue weighted by atomic mass is 10.0. The average Bonchev–Trinajstić information content (AvgIpc) is 3.10. The maximum atomic E-state index is 12.6. The molecule has 1 atom stereocenters. The van der Waals surface area contributed by atoms with Gasteiger partial charge in [0, 0.05) is 12.6 Å². The van der Waals surface area contributed by atoms with E-state index in [4.69, 9.17) is 0 Å². The Kier molecular flexibility index (Phi) is 5.73. The Morgan fingerprint density at radius 2 is 2.12 bits per heavy atom. The van der Waals surface area contributed by atoms with Crippen molar-refractivity contribution in [2.24, 2.45) is 0 Å². The van der Waals surface area contributed by atoms with E-state index < -0.39 is 0 Å². The molecule has 0 N–H and O–H groups in total. The van der Waals surface area contributed by atoms with Crippen LogP contribution in [0.25, 0.3) is 5.69 Å². The minimum atomic E-state index is 0.186. The van der Waals surface area contributed by atoms with E-state index in [0.717, 1.165) is 31.5 Å². The molecule has 1 aliphatic rings. The lowest BCUT2D eigenvalue weighted by Crippen LogP contribution is -2.44. The highest BCUT2D eigenvalue weighted by atomic mass is 32.2. The summed E-state index contributed by atoms with van der Waals surface area (Å²) in [6.45, 7) is 7.18. The van der Waals surface area contributed by atoms with Crippen LogP contribution in [0, 0.1) is 13.8 Å². The van der Waals surface area contributed by atoms with E-state index in [0.29, 0.717) is 17.0 Å². The molecule has 1 aliphatic heterocycles. The monoisotopic (exact) mass is 359 g/mol. The van der Waals surface area contributed by atoms with Gasteiger partial charge in [-0.25, -0.2) is 0 Å². The number of hydrogen-bond acceptors (Lipinski definition) is 5. The van der Waals surface area contributed by atoms with Crippen LogP contribution in [0.3, 0.4) is 0 Å². The van der Waals surface area contributed by atoms with Gasteiger partial charge in [-0.1, -0.05) is 24.8 Å². The lowest BCUT2D eigenvalue weighted by Gasteiger charge is -2.35. The van der Waals surface area contributed by atoms with Crippen molar-refractivity contribution in [1.82, 2.24) is 25.1 Å². The van der Waals surface area contributed by atoms with E-state index in [2.05, 4.69) is 48.4 Å². The fourth-order valence-corrected chi connectivity index (χ4v) is 4.03. The summed E-state index contributed by atoms with van der Waals surface area (Å²) in [6, 6.07) is 6.51. The quantitative estimate of drug-likeness (QED) is 0.767. The Hall–Kier alpha value is -1.89. The smallest absolute Gasteiger partial charge is 0.233 e. The Balaban J connectivity index is 1.69. The molecule has 0 radical (unpaired) electrons. The molecule has 1 amide bonds. The first kappa shape index (κ1) is 17.9. The van der Waals surface area contributed by atoms with Crippen molar-refractivity contribution in [3.63, 3.8) is 0 Å². The van der Waals surface area contributed by atoms with E-state index in [1.165, 1.54) is 29.3 Å². The molecule has 1 saturated heterocycles. The zero-order valence-corrected chi connectivity index (χ0v) is 15.9. The molecule has 134 valence electrons. The van der Waals surface area contributed by atoms with Gasteiger partial charge in [0.2, 0.25) is 11.1 Å². The number of rotatable bonds is 5. The molecule has 0 unspecified atom stereocenters. The molecule has 0 bridgehead atoms. The average molecular weight is 359 g/mol. The van der Waals surface area contributed by atoms with Gasteiger partial charge in [-0.2, -0.15) is 4.68 Å². The number of aromatic nitrogens is 4. The van der Waals surface area contributed by atoms with Gasteiger partial charge in [0.25, 0.3) is 0 Å². The van der Waals surface area contributed by atoms with Gasteiger partial charge in [-0.3, -0.25) is 4.79 Å². The molecule has 0 saturated carbocycles. The maximum absolute atomic E-state index is 12.6. The molecule has 7 heteroatoms. The normalized spacial score (nSPS) is 17.7. The molecule has 3 rings (SSSR count). The van der Waals surface area contributed by atoms with Crippen LogP contribution in [0.5, 0.6) is 0 Å². The summed E-state index contributed by atoms with van der Waals surface area (Å²) in [7, 11) is 0. The lowest BCUT2D eigenvalue weighted by molar-refractivity contribution is -0.132. The highest BCUT2D eigenvalue weighted by molar-refractivity contribution is 7.99. The van der Waals surface area contributed by atoms with Gasteiger partial charge >= 0.3 is 0 Å². The summed E-state index contributed by atoms with van der Waals surface area (Å²) in [5, 5.41) is 12.6. The van der Waals surface area contributed by atoms with Crippen LogP contribution < -0.4 is 0 Å². The highest BCUT2D eigenvalue weighted by Gasteiger charge is 2.25. The molecular formula is C18H25N5OS. The van der Waals surface area contributed by atoms with Gasteiger partial charge in [0.1, 0.15) is 0 Å². The molecule has 25 heavy (non-hydrogen) atoms. The summed E-state index contributed by atoms with van der Waals surface area (Å²) in [6.07, 6.45) is 4.47. The topological polar surface area (TPSA) is 63.9 Å². The molecule has 6 nitrogen and oxygen atoms in total. The minimum Gasteiger partial charge on any atom is -0.339 e. The van der Waals surface area contributed by atoms with Crippen molar-refractivity contribution in [2.45, 2.75) is 57.7 Å². The number of aryl methyl sites for hydroxylation is 2. The Labute approximate surface area is 153 Å². The van der Waals surface area contributed by atoms with Crippen molar-refractivity contribution < 1.29 is 4.79 Å². The number of hydrogen-bond donors (Lipinski definition) is 0. The van der Waals surface area contributed by atoms with Crippen LogP contribution in [0.4, 0.5) is 0 Å². The minimum absolute atomic E-state index is 0.186. The Bertz CT molecular complexity index is 745. The standard InChI is InChI=1S/C18H25N5OS/c1-4-15-7-5-6-10-22(15)17(24)12-25-18-19-20-21-23(18)16-9-8-13(2)14(3)11-16/h8-9,11,15H,4-7,10,12H2,1-3H3/t15-/m0/s1. The number of benzene rings is 1. The number of carbonyl (C=O) groups excluding carboxylic acids is 1. The van der Waals surface area contributed by atoms with Crippen molar-refractivity contribution in [3.05, 3.63) is 29.3 Å². The van der Waals surface area contributed by atoms with Gasteiger partial charge < -0.3 is 4.90 Å². The Morgan fingerprint density at radius 1 is 1.28 bits per heavy atom. The highest BCUT2D eigenvalue weighted by Crippen LogP contribution is 2.23. The fourth-order valence-electron chi connectivity index (χ4n) is 3.25. The predicted octanol–water partition coefficient (Wildman–Crippen LogP) is 3.16. The summed E-state index contributed by atoms with van der Waals surface area (Å²) in [5.41, 5.74) is 3.35. The van der Waals surface area contributed by atoms with E-state index in [1.54, 1.807) is 4.68 Å². The molecule has 0 aliphatic carbocycles. The second kappa shape index (κ2) is 7.99. The van der Waals surface area contributed by atoms with E-state index in [9.17, 15) is 4.79 Å². The van der Waals surface area contributed by atoms with Crippen LogP contribution in [-0.2, 0) is 4.79 Å². The fraction of sp³-hybridized carbons (Fsp3) is 0.556. The van der Waals surface area contributed by atoms with E-state index in [1.807, 2.05) is 11.0 Å². The maximum Gasteiger partial charge on any atom is 0.233 e. The molecule has 2 heterocycles. The van der Waals surface area contributed by atoms with Gasteiger partial charge in [-0.05, 0) is 73.2 Å². The largest absolute Gasteiger partial charge is 0.339 e. The second-order valence-electron chi connectivity index (χ2n) is 6.58.